The smallest absolute Gasteiger partial charge is 0.337 e. The van der Waals surface area contributed by atoms with E-state index in [4.69, 9.17) is 0 Å². The lowest BCUT2D eigenvalue weighted by Gasteiger charge is -2.00. The fraction of sp³-hybridized carbons (Fsp3) is 0.111. The third-order valence-corrected chi connectivity index (χ3v) is 1.44. The molecule has 0 aliphatic heterocycles. The first-order chi connectivity index (χ1) is 6.27. The number of hydrogen-bond donors (Lipinski definition) is 0. The predicted octanol–water partition coefficient (Wildman–Crippen LogP) is 1.01. The van der Waals surface area contributed by atoms with E-state index in [9.17, 15) is 9.59 Å². The number of carbonyl (C=O) groups excluding carboxylic acids is 2. The fourth-order valence-corrected chi connectivity index (χ4v) is 0.870. The Hall–Kier alpha value is -1.84. The number of hydrogen-bond acceptors (Lipinski definition) is 4. The third kappa shape index (κ3) is 2.30. The van der Waals surface area contributed by atoms with Crippen LogP contribution in [-0.2, 0) is 9.53 Å². The Kier molecular flexibility index (Phi) is 3.03. The summed E-state index contributed by atoms with van der Waals surface area (Å²) in [5.74, 6) is -0.144. The molecule has 1 aromatic carbocycles. The van der Waals surface area contributed by atoms with Gasteiger partial charge in [-0.2, -0.15) is 0 Å². The molecule has 0 heterocycles. The molecule has 4 heteroatoms. The zero-order valence-electron chi connectivity index (χ0n) is 7.02. The molecule has 0 atom stereocenters. The minimum Gasteiger partial charge on any atom is -0.465 e. The number of benzene rings is 1. The number of ether oxygens (including phenoxy) is 2. The van der Waals surface area contributed by atoms with E-state index < -0.39 is 5.97 Å². The van der Waals surface area contributed by atoms with Crippen LogP contribution in [0.4, 0.5) is 0 Å². The summed E-state index contributed by atoms with van der Waals surface area (Å²) in [6.07, 6.45) is 0. The molecule has 0 radical (unpaired) electrons. The molecule has 0 spiro atoms. The van der Waals surface area contributed by atoms with Gasteiger partial charge in [-0.1, -0.05) is 6.07 Å². The number of esters is 1. The van der Waals surface area contributed by atoms with Gasteiger partial charge in [0.25, 0.3) is 6.47 Å². The molecule has 1 rings (SSSR count). The van der Waals surface area contributed by atoms with Crippen molar-refractivity contribution in [3.63, 3.8) is 0 Å². The SMILES string of the molecule is COC(=O)c1cccc(OC=O)c1. The summed E-state index contributed by atoms with van der Waals surface area (Å²) < 4.78 is 9.04. The van der Waals surface area contributed by atoms with Gasteiger partial charge in [0.1, 0.15) is 5.75 Å². The molecule has 0 bridgehead atoms. The first kappa shape index (κ1) is 9.25. The predicted molar refractivity (Wildman–Crippen MR) is 44.5 cm³/mol. The summed E-state index contributed by atoms with van der Waals surface area (Å²) in [7, 11) is 1.29. The average molecular weight is 180 g/mol. The monoisotopic (exact) mass is 180 g/mol. The van der Waals surface area contributed by atoms with E-state index in [1.54, 1.807) is 18.2 Å². The number of rotatable bonds is 3. The van der Waals surface area contributed by atoms with E-state index in [1.807, 2.05) is 0 Å². The van der Waals surface area contributed by atoms with Crippen molar-refractivity contribution in [2.45, 2.75) is 0 Å². The van der Waals surface area contributed by atoms with Crippen molar-refractivity contribution in [3.8, 4) is 5.75 Å². The molecule has 0 unspecified atom stereocenters. The Morgan fingerprint density at radius 3 is 2.85 bits per heavy atom. The Balaban J connectivity index is 2.90. The van der Waals surface area contributed by atoms with Crippen molar-refractivity contribution in [2.75, 3.05) is 7.11 Å². The van der Waals surface area contributed by atoms with Crippen LogP contribution in [0.2, 0.25) is 0 Å². The first-order valence-corrected chi connectivity index (χ1v) is 3.56. The zero-order valence-corrected chi connectivity index (χ0v) is 7.02. The zero-order chi connectivity index (χ0) is 9.68. The summed E-state index contributed by atoms with van der Waals surface area (Å²) in [5, 5.41) is 0. The second-order valence-corrected chi connectivity index (χ2v) is 2.23. The van der Waals surface area contributed by atoms with Gasteiger partial charge in [-0.3, -0.25) is 4.79 Å². The van der Waals surface area contributed by atoms with E-state index in [1.165, 1.54) is 13.2 Å². The van der Waals surface area contributed by atoms with E-state index in [0.717, 1.165) is 0 Å². The maximum atomic E-state index is 11.0. The summed E-state index contributed by atoms with van der Waals surface area (Å²) >= 11 is 0. The van der Waals surface area contributed by atoms with Crippen LogP contribution in [0, 0.1) is 0 Å². The van der Waals surface area contributed by atoms with Crippen LogP contribution >= 0.6 is 0 Å². The van der Waals surface area contributed by atoms with Crippen LogP contribution in [0.5, 0.6) is 5.75 Å². The maximum Gasteiger partial charge on any atom is 0.337 e. The van der Waals surface area contributed by atoms with Gasteiger partial charge in [0.05, 0.1) is 12.7 Å². The molecule has 0 aliphatic carbocycles. The standard InChI is InChI=1S/C9H8O4/c1-12-9(11)7-3-2-4-8(5-7)13-6-10/h2-6H,1H3. The van der Waals surface area contributed by atoms with E-state index in [2.05, 4.69) is 9.47 Å². The molecule has 0 saturated heterocycles. The van der Waals surface area contributed by atoms with Crippen LogP contribution in [0.1, 0.15) is 10.4 Å². The quantitative estimate of drug-likeness (QED) is 0.514. The molecule has 0 aliphatic rings. The highest BCUT2D eigenvalue weighted by Crippen LogP contribution is 2.12. The Bertz CT molecular complexity index is 319. The average Bonchev–Trinajstić information content (AvgIpc) is 2.18. The van der Waals surface area contributed by atoms with Crippen LogP contribution in [0.3, 0.4) is 0 Å². The van der Waals surface area contributed by atoms with Crippen molar-refractivity contribution in [1.82, 2.24) is 0 Å². The van der Waals surface area contributed by atoms with Gasteiger partial charge in [0.15, 0.2) is 0 Å². The first-order valence-electron chi connectivity index (χ1n) is 3.56. The lowest BCUT2D eigenvalue weighted by molar-refractivity contribution is -0.120. The molecule has 68 valence electrons. The Morgan fingerprint density at radius 2 is 2.23 bits per heavy atom. The molecule has 4 nitrogen and oxygen atoms in total. The number of methoxy groups -OCH3 is 1. The van der Waals surface area contributed by atoms with Crippen molar-refractivity contribution < 1.29 is 19.1 Å². The van der Waals surface area contributed by atoms with Crippen molar-refractivity contribution in [3.05, 3.63) is 29.8 Å². The van der Waals surface area contributed by atoms with E-state index >= 15 is 0 Å². The van der Waals surface area contributed by atoms with Crippen LogP contribution < -0.4 is 4.74 Å². The van der Waals surface area contributed by atoms with Gasteiger partial charge in [0.2, 0.25) is 0 Å². The van der Waals surface area contributed by atoms with E-state index in [-0.39, 0.29) is 0 Å². The lowest BCUT2D eigenvalue weighted by Crippen LogP contribution is -2.01. The molecule has 0 fully saturated rings. The molecular weight excluding hydrogens is 172 g/mol. The summed E-state index contributed by atoms with van der Waals surface area (Å²) in [6, 6.07) is 6.18. The summed E-state index contributed by atoms with van der Waals surface area (Å²) in [5.41, 5.74) is 0.349. The van der Waals surface area contributed by atoms with Crippen molar-refractivity contribution in [2.24, 2.45) is 0 Å². The second kappa shape index (κ2) is 4.25. The van der Waals surface area contributed by atoms with E-state index in [0.29, 0.717) is 17.8 Å². The van der Waals surface area contributed by atoms with Crippen molar-refractivity contribution >= 4 is 12.4 Å². The largest absolute Gasteiger partial charge is 0.465 e. The lowest BCUT2D eigenvalue weighted by atomic mass is 10.2. The van der Waals surface area contributed by atoms with Gasteiger partial charge in [-0.15, -0.1) is 0 Å². The topological polar surface area (TPSA) is 52.6 Å². The third-order valence-electron chi connectivity index (χ3n) is 1.44. The summed E-state index contributed by atoms with van der Waals surface area (Å²) in [4.78, 5) is 21.0. The highest BCUT2D eigenvalue weighted by molar-refractivity contribution is 5.89. The molecule has 1 aromatic rings. The van der Waals surface area contributed by atoms with Crippen LogP contribution in [0.25, 0.3) is 0 Å². The minimum atomic E-state index is -0.462. The minimum absolute atomic E-state index is 0.302. The second-order valence-electron chi connectivity index (χ2n) is 2.23. The normalized spacial score (nSPS) is 9.00. The molecule has 13 heavy (non-hydrogen) atoms. The van der Waals surface area contributed by atoms with Gasteiger partial charge < -0.3 is 9.47 Å². The maximum absolute atomic E-state index is 11.0. The summed E-state index contributed by atoms with van der Waals surface area (Å²) in [6.45, 7) is 0.302. The van der Waals surface area contributed by atoms with Gasteiger partial charge >= 0.3 is 5.97 Å². The highest BCUT2D eigenvalue weighted by atomic mass is 16.5. The highest BCUT2D eigenvalue weighted by Gasteiger charge is 2.05. The van der Waals surface area contributed by atoms with Gasteiger partial charge in [-0.05, 0) is 18.2 Å². The molecule has 0 saturated carbocycles. The Labute approximate surface area is 75.1 Å². The molecule has 0 N–H and O–H groups in total. The van der Waals surface area contributed by atoms with Crippen LogP contribution in [0.15, 0.2) is 24.3 Å². The number of carbonyl (C=O) groups is 2. The Morgan fingerprint density at radius 1 is 1.46 bits per heavy atom. The van der Waals surface area contributed by atoms with Crippen molar-refractivity contribution in [1.29, 1.82) is 0 Å². The van der Waals surface area contributed by atoms with Crippen LogP contribution in [-0.4, -0.2) is 19.6 Å². The van der Waals surface area contributed by atoms with Gasteiger partial charge in [0, 0.05) is 0 Å². The molecule has 0 amide bonds. The molecular formula is C9H8O4. The van der Waals surface area contributed by atoms with Gasteiger partial charge in [-0.25, -0.2) is 4.79 Å². The fourth-order valence-electron chi connectivity index (χ4n) is 0.870. The molecule has 0 aromatic heterocycles.